The van der Waals surface area contributed by atoms with Crippen molar-refractivity contribution in [2.45, 2.75) is 23.5 Å². The van der Waals surface area contributed by atoms with Crippen molar-refractivity contribution in [2.75, 3.05) is 10.8 Å². The minimum Gasteiger partial charge on any atom is -0.369 e. The highest BCUT2D eigenvalue weighted by atomic mass is 32.2. The smallest absolute Gasteiger partial charge is 0.264 e. The zero-order chi connectivity index (χ0) is 21.8. The van der Waals surface area contributed by atoms with E-state index in [-0.39, 0.29) is 23.4 Å². The summed E-state index contributed by atoms with van der Waals surface area (Å²) in [5.74, 6) is 0.0447. The first kappa shape index (κ1) is 19.5. The van der Waals surface area contributed by atoms with E-state index in [0.717, 1.165) is 11.6 Å². The molecule has 0 radical (unpaired) electrons. The molecule has 2 aliphatic rings. The second-order valence-corrected chi connectivity index (χ2v) is 9.34. The van der Waals surface area contributed by atoms with Crippen LogP contribution in [-0.2, 0) is 16.4 Å². The average Bonchev–Trinajstić information content (AvgIpc) is 3.22. The Morgan fingerprint density at radius 1 is 1.16 bits per heavy atom. The maximum Gasteiger partial charge on any atom is 0.264 e. The average molecular weight is 441 g/mol. The molecule has 5 rings (SSSR count). The minimum absolute atomic E-state index is 0.0764. The molecule has 0 fully saturated rings. The molecule has 5 N–H and O–H groups in total. The van der Waals surface area contributed by atoms with Crippen LogP contribution in [0.4, 0.5) is 15.9 Å². The van der Waals surface area contributed by atoms with Crippen molar-refractivity contribution in [3.05, 3.63) is 71.7 Å². The highest BCUT2D eigenvalue weighted by Gasteiger charge is 2.40. The summed E-state index contributed by atoms with van der Waals surface area (Å²) >= 11 is 0. The third kappa shape index (κ3) is 3.13. The Bertz CT molecular complexity index is 1290. The number of halogens is 1. The number of nitrogens with one attached hydrogen (secondary N) is 1. The normalized spacial score (nSPS) is 20.8. The number of para-hydroxylation sites is 1. The van der Waals surface area contributed by atoms with Gasteiger partial charge in [-0.2, -0.15) is 10.1 Å². The summed E-state index contributed by atoms with van der Waals surface area (Å²) in [5, 5.41) is 6.72. The molecule has 0 amide bonds. The van der Waals surface area contributed by atoms with Gasteiger partial charge in [-0.05, 0) is 36.2 Å². The van der Waals surface area contributed by atoms with Gasteiger partial charge in [0, 0.05) is 0 Å². The van der Waals surface area contributed by atoms with Crippen molar-refractivity contribution in [1.29, 1.82) is 0 Å². The van der Waals surface area contributed by atoms with E-state index >= 15 is 0 Å². The van der Waals surface area contributed by atoms with Gasteiger partial charge in [0.1, 0.15) is 12.0 Å². The van der Waals surface area contributed by atoms with Gasteiger partial charge < -0.3 is 16.4 Å². The van der Waals surface area contributed by atoms with Gasteiger partial charge >= 0.3 is 0 Å². The van der Waals surface area contributed by atoms with E-state index in [0.29, 0.717) is 23.5 Å². The van der Waals surface area contributed by atoms with Crippen molar-refractivity contribution in [3.63, 3.8) is 0 Å². The van der Waals surface area contributed by atoms with Crippen molar-refractivity contribution in [1.82, 2.24) is 15.1 Å². The van der Waals surface area contributed by atoms with E-state index in [1.54, 1.807) is 23.2 Å². The number of anilines is 1. The van der Waals surface area contributed by atoms with Crippen LogP contribution in [0.2, 0.25) is 0 Å². The Balaban J connectivity index is 1.58. The Labute approximate surface area is 178 Å². The van der Waals surface area contributed by atoms with Gasteiger partial charge in [-0.3, -0.25) is 9.40 Å². The van der Waals surface area contributed by atoms with Crippen LogP contribution < -0.4 is 15.8 Å². The van der Waals surface area contributed by atoms with E-state index < -0.39 is 22.0 Å². The van der Waals surface area contributed by atoms with Gasteiger partial charge in [-0.25, -0.2) is 12.8 Å². The fraction of sp³-hybridized carbons (Fsp3) is 0.200. The number of aliphatic imine (C=N–C) groups is 1. The lowest BCUT2D eigenvalue weighted by Crippen LogP contribution is -2.57. The maximum absolute atomic E-state index is 13.8. The number of nitrogens with two attached hydrogens (primary N) is 2. The topological polar surface area (TPSA) is 134 Å². The molecule has 2 aromatic carbocycles. The van der Waals surface area contributed by atoms with Crippen molar-refractivity contribution in [2.24, 2.45) is 16.5 Å². The first-order valence-corrected chi connectivity index (χ1v) is 11.1. The molecule has 9 nitrogen and oxygen atoms in total. The summed E-state index contributed by atoms with van der Waals surface area (Å²) in [4.78, 5) is 5.92. The molecule has 2 atom stereocenters. The Morgan fingerprint density at radius 2 is 1.97 bits per heavy atom. The number of hydrogen-bond acceptors (Lipinski definition) is 7. The third-order valence-corrected chi connectivity index (χ3v) is 7.40. The number of rotatable bonds is 3. The number of aromatic nitrogens is 2. The lowest BCUT2D eigenvalue weighted by atomic mass is 9.97. The Hall–Kier alpha value is -3.44. The highest BCUT2D eigenvalue weighted by Crippen LogP contribution is 2.37. The number of fused-ring (bicyclic) bond motifs is 2. The standard InChI is InChI=1S/C20H20FN7O2S/c21-13-5-3-6-15(9-13)31(29,30)27-11-14(8-12-4-1-2-7-17(12)27)28-18(22)16-10-24-26-19(16)25-20(28)23/h1-7,9-10,14,18H,8,11,22H2,(H3,23,24,25,26). The van der Waals surface area contributed by atoms with Crippen LogP contribution in [0.5, 0.6) is 0 Å². The first-order chi connectivity index (χ1) is 14.9. The SMILES string of the molecule is NC1=Nc2[nH]ncc2C(N)N1C1Cc2ccccc2N(S(=O)(=O)c2cccc(F)c2)C1. The van der Waals surface area contributed by atoms with Gasteiger partial charge in [0.25, 0.3) is 10.0 Å². The van der Waals surface area contributed by atoms with E-state index in [1.807, 2.05) is 12.1 Å². The van der Waals surface area contributed by atoms with E-state index in [4.69, 9.17) is 11.5 Å². The van der Waals surface area contributed by atoms with Gasteiger partial charge in [-0.15, -0.1) is 0 Å². The molecule has 0 bridgehead atoms. The van der Waals surface area contributed by atoms with Crippen LogP contribution in [0.1, 0.15) is 17.3 Å². The van der Waals surface area contributed by atoms with Crippen molar-refractivity contribution < 1.29 is 12.8 Å². The molecule has 3 heterocycles. The molecular formula is C20H20FN7O2S. The number of guanidine groups is 1. The highest BCUT2D eigenvalue weighted by molar-refractivity contribution is 7.92. The molecule has 0 spiro atoms. The second-order valence-electron chi connectivity index (χ2n) is 7.48. The van der Waals surface area contributed by atoms with Gasteiger partial charge in [0.05, 0.1) is 34.9 Å². The lowest BCUT2D eigenvalue weighted by molar-refractivity contribution is 0.233. The van der Waals surface area contributed by atoms with Crippen molar-refractivity contribution >= 4 is 27.5 Å². The quantitative estimate of drug-likeness (QED) is 0.565. The molecule has 160 valence electrons. The summed E-state index contributed by atoms with van der Waals surface area (Å²) < 4.78 is 42.0. The molecule has 0 aliphatic carbocycles. The molecule has 0 saturated carbocycles. The van der Waals surface area contributed by atoms with E-state index in [2.05, 4.69) is 15.2 Å². The Morgan fingerprint density at radius 3 is 2.77 bits per heavy atom. The number of H-pyrrole nitrogens is 1. The van der Waals surface area contributed by atoms with Gasteiger partial charge in [-0.1, -0.05) is 24.3 Å². The third-order valence-electron chi connectivity index (χ3n) is 5.63. The van der Waals surface area contributed by atoms with E-state index in [1.165, 1.54) is 22.5 Å². The van der Waals surface area contributed by atoms with Crippen LogP contribution in [-0.4, -0.2) is 42.1 Å². The van der Waals surface area contributed by atoms with Crippen LogP contribution in [0, 0.1) is 5.82 Å². The second kappa shape index (κ2) is 7.06. The molecule has 31 heavy (non-hydrogen) atoms. The van der Waals surface area contributed by atoms with Gasteiger partial charge in [0.2, 0.25) is 0 Å². The first-order valence-electron chi connectivity index (χ1n) is 9.64. The number of nitrogens with zero attached hydrogens (tertiary/aromatic N) is 4. The summed E-state index contributed by atoms with van der Waals surface area (Å²) in [6, 6.07) is 11.8. The maximum atomic E-state index is 13.8. The molecule has 3 aromatic rings. The monoisotopic (exact) mass is 441 g/mol. The zero-order valence-electron chi connectivity index (χ0n) is 16.3. The van der Waals surface area contributed by atoms with Gasteiger partial charge in [0.15, 0.2) is 11.8 Å². The summed E-state index contributed by atoms with van der Waals surface area (Å²) in [5.41, 5.74) is 14.7. The fourth-order valence-electron chi connectivity index (χ4n) is 4.18. The summed E-state index contributed by atoms with van der Waals surface area (Å²) in [6.45, 7) is 0.0764. The predicted octanol–water partition coefficient (Wildman–Crippen LogP) is 1.59. The number of aromatic amines is 1. The summed E-state index contributed by atoms with van der Waals surface area (Å²) in [6.07, 6.45) is 1.46. The number of sulfonamides is 1. The largest absolute Gasteiger partial charge is 0.369 e. The molecule has 0 saturated heterocycles. The van der Waals surface area contributed by atoms with Crippen LogP contribution in [0.15, 0.2) is 64.6 Å². The molecule has 1 aromatic heterocycles. The number of benzene rings is 2. The molecule has 2 aliphatic heterocycles. The predicted molar refractivity (Wildman–Crippen MR) is 114 cm³/mol. The molecule has 11 heteroatoms. The summed E-state index contributed by atoms with van der Waals surface area (Å²) in [7, 11) is -4.03. The molecule has 2 unspecified atom stereocenters. The van der Waals surface area contributed by atoms with Crippen molar-refractivity contribution in [3.8, 4) is 0 Å². The fourth-order valence-corrected chi connectivity index (χ4v) is 5.75. The van der Waals surface area contributed by atoms with Crippen LogP contribution in [0.3, 0.4) is 0 Å². The Kier molecular flexibility index (Phi) is 4.45. The van der Waals surface area contributed by atoms with Crippen LogP contribution in [0.25, 0.3) is 0 Å². The molecular weight excluding hydrogens is 421 g/mol. The van der Waals surface area contributed by atoms with Crippen LogP contribution >= 0.6 is 0 Å². The number of hydrogen-bond donors (Lipinski definition) is 3. The van der Waals surface area contributed by atoms with E-state index in [9.17, 15) is 12.8 Å². The zero-order valence-corrected chi connectivity index (χ0v) is 17.1. The lowest BCUT2D eigenvalue weighted by Gasteiger charge is -2.44. The minimum atomic E-state index is -4.03.